The summed E-state index contributed by atoms with van der Waals surface area (Å²) in [4.78, 5) is 11.5. The van der Waals surface area contributed by atoms with Gasteiger partial charge in [0, 0.05) is 11.8 Å². The average molecular weight is 405 g/mol. The third kappa shape index (κ3) is 4.37. The monoisotopic (exact) mass is 404 g/mol. The number of benzene rings is 1. The van der Waals surface area contributed by atoms with Crippen LogP contribution in [0, 0.1) is 0 Å². The Morgan fingerprint density at radius 2 is 1.93 bits per heavy atom. The molecular formula is C18H20N4O3S2. The number of sulfonamides is 1. The van der Waals surface area contributed by atoms with Gasteiger partial charge in [0.05, 0.1) is 10.9 Å². The van der Waals surface area contributed by atoms with E-state index in [4.69, 9.17) is 0 Å². The van der Waals surface area contributed by atoms with Gasteiger partial charge in [-0.3, -0.25) is 9.20 Å². The van der Waals surface area contributed by atoms with Crippen LogP contribution in [0.4, 0.5) is 0 Å². The first-order valence-electron chi connectivity index (χ1n) is 8.34. The molecule has 0 saturated carbocycles. The summed E-state index contributed by atoms with van der Waals surface area (Å²) in [6.07, 6.45) is 4.35. The number of nitrogens with zero attached hydrogens (tertiary/aromatic N) is 3. The van der Waals surface area contributed by atoms with E-state index < -0.39 is 16.1 Å². The van der Waals surface area contributed by atoms with Crippen LogP contribution in [0.2, 0.25) is 0 Å². The van der Waals surface area contributed by atoms with E-state index in [1.807, 2.05) is 30.7 Å². The average Bonchev–Trinajstić information content (AvgIpc) is 3.09. The first-order valence-corrected chi connectivity index (χ1v) is 11.2. The highest BCUT2D eigenvalue weighted by molar-refractivity contribution is 7.98. The van der Waals surface area contributed by atoms with Gasteiger partial charge in [-0.15, -0.1) is 10.2 Å². The first-order chi connectivity index (χ1) is 12.9. The Hall–Kier alpha value is -2.23. The Labute approximate surface area is 162 Å². The maximum Gasteiger partial charge on any atom is 0.241 e. The fourth-order valence-electron chi connectivity index (χ4n) is 2.70. The van der Waals surface area contributed by atoms with Crippen LogP contribution >= 0.6 is 11.8 Å². The summed E-state index contributed by atoms with van der Waals surface area (Å²) in [7, 11) is -3.78. The van der Waals surface area contributed by atoms with Gasteiger partial charge in [-0.25, -0.2) is 13.1 Å². The molecule has 0 aliphatic heterocycles. The van der Waals surface area contributed by atoms with Crippen molar-refractivity contribution in [1.82, 2.24) is 19.3 Å². The summed E-state index contributed by atoms with van der Waals surface area (Å²) >= 11 is 1.63. The van der Waals surface area contributed by atoms with Crippen molar-refractivity contribution in [3.05, 3.63) is 60.0 Å². The molecule has 1 aromatic carbocycles. The largest absolute Gasteiger partial charge is 0.295 e. The molecule has 1 atom stereocenters. The normalized spacial score (nSPS) is 13.0. The number of pyridine rings is 1. The highest BCUT2D eigenvalue weighted by Gasteiger charge is 2.25. The molecule has 2 aromatic heterocycles. The third-order valence-electron chi connectivity index (χ3n) is 4.13. The molecule has 1 N–H and O–H groups in total. The van der Waals surface area contributed by atoms with E-state index in [0.29, 0.717) is 23.5 Å². The summed E-state index contributed by atoms with van der Waals surface area (Å²) in [5, 5.41) is 8.31. The van der Waals surface area contributed by atoms with Gasteiger partial charge in [-0.05, 0) is 49.6 Å². The Morgan fingerprint density at radius 1 is 1.19 bits per heavy atom. The fourth-order valence-corrected chi connectivity index (χ4v) is 4.40. The van der Waals surface area contributed by atoms with Crippen LogP contribution in [-0.2, 0) is 10.0 Å². The fraction of sp³-hybridized carbons (Fsp3) is 0.278. The molecule has 0 fully saturated rings. The van der Waals surface area contributed by atoms with Gasteiger partial charge in [0.2, 0.25) is 10.0 Å². The predicted molar refractivity (Wildman–Crippen MR) is 105 cm³/mol. The summed E-state index contributed by atoms with van der Waals surface area (Å²) in [6, 6.07) is 10.9. The first kappa shape index (κ1) is 19.5. The van der Waals surface area contributed by atoms with Crippen LogP contribution in [0.1, 0.15) is 35.6 Å². The number of fused-ring (bicyclic) bond motifs is 1. The van der Waals surface area contributed by atoms with Gasteiger partial charge in [-0.1, -0.05) is 18.2 Å². The zero-order valence-electron chi connectivity index (χ0n) is 15.0. The zero-order valence-corrected chi connectivity index (χ0v) is 16.6. The molecular weight excluding hydrogens is 384 g/mol. The number of rotatable bonds is 8. The van der Waals surface area contributed by atoms with E-state index in [-0.39, 0.29) is 10.7 Å². The highest BCUT2D eigenvalue weighted by Crippen LogP contribution is 2.21. The molecule has 9 heteroatoms. The third-order valence-corrected chi connectivity index (χ3v) is 6.26. The minimum Gasteiger partial charge on any atom is -0.295 e. The minimum atomic E-state index is -3.78. The molecule has 3 rings (SSSR count). The number of hydrogen-bond donors (Lipinski definition) is 1. The van der Waals surface area contributed by atoms with Gasteiger partial charge < -0.3 is 0 Å². The molecule has 7 nitrogen and oxygen atoms in total. The molecule has 0 aliphatic carbocycles. The second kappa shape index (κ2) is 8.20. The van der Waals surface area contributed by atoms with E-state index in [1.165, 1.54) is 31.2 Å². The molecule has 3 aromatic rings. The Bertz CT molecular complexity index is 1050. The minimum absolute atomic E-state index is 0.107. The van der Waals surface area contributed by atoms with Crippen molar-refractivity contribution in [1.29, 1.82) is 0 Å². The van der Waals surface area contributed by atoms with Crippen LogP contribution < -0.4 is 4.72 Å². The Balaban J connectivity index is 1.92. The number of aromatic nitrogens is 3. The lowest BCUT2D eigenvalue weighted by Gasteiger charge is -2.17. The molecule has 0 amide bonds. The molecule has 0 bridgehead atoms. The molecule has 0 saturated heterocycles. The molecule has 2 heterocycles. The van der Waals surface area contributed by atoms with Gasteiger partial charge >= 0.3 is 0 Å². The van der Waals surface area contributed by atoms with Crippen LogP contribution in [0.5, 0.6) is 0 Å². The molecule has 0 unspecified atom stereocenters. The summed E-state index contributed by atoms with van der Waals surface area (Å²) in [5.74, 6) is 1.20. The number of Topliss-reactive ketones (excluding diaryl/α,β-unsaturated/α-hetero) is 1. The number of thioether (sulfide) groups is 1. The molecule has 0 radical (unpaired) electrons. The SMILES string of the molecule is CSCC[C@H](NS(=O)(=O)c1ccc(C(C)=O)cc1)c1nnc2ccccn12. The van der Waals surface area contributed by atoms with E-state index >= 15 is 0 Å². The topological polar surface area (TPSA) is 93.4 Å². The van der Waals surface area contributed by atoms with Crippen LogP contribution in [0.25, 0.3) is 5.65 Å². The van der Waals surface area contributed by atoms with Crippen molar-refractivity contribution in [2.24, 2.45) is 0 Å². The lowest BCUT2D eigenvalue weighted by molar-refractivity contribution is 0.101. The lowest BCUT2D eigenvalue weighted by Crippen LogP contribution is -2.30. The van der Waals surface area contributed by atoms with Crippen LogP contribution in [0.15, 0.2) is 53.6 Å². The Kier molecular flexibility index (Phi) is 5.93. The van der Waals surface area contributed by atoms with E-state index in [9.17, 15) is 13.2 Å². The number of hydrogen-bond acceptors (Lipinski definition) is 6. The second-order valence-electron chi connectivity index (χ2n) is 6.02. The van der Waals surface area contributed by atoms with Crippen molar-refractivity contribution in [3.63, 3.8) is 0 Å². The highest BCUT2D eigenvalue weighted by atomic mass is 32.2. The van der Waals surface area contributed by atoms with Crippen molar-refractivity contribution >= 4 is 33.2 Å². The predicted octanol–water partition coefficient (Wildman–Crippen LogP) is 2.70. The maximum absolute atomic E-state index is 12.9. The number of carbonyl (C=O) groups excluding carboxylic acids is 1. The van der Waals surface area contributed by atoms with Crippen molar-refractivity contribution in [2.45, 2.75) is 24.3 Å². The van der Waals surface area contributed by atoms with Crippen molar-refractivity contribution in [2.75, 3.05) is 12.0 Å². The van der Waals surface area contributed by atoms with Crippen molar-refractivity contribution in [3.8, 4) is 0 Å². The second-order valence-corrected chi connectivity index (χ2v) is 8.72. The summed E-state index contributed by atoms with van der Waals surface area (Å²) in [6.45, 7) is 1.44. The molecule has 0 aliphatic rings. The van der Waals surface area contributed by atoms with Crippen LogP contribution in [0.3, 0.4) is 0 Å². The maximum atomic E-state index is 12.9. The Morgan fingerprint density at radius 3 is 2.59 bits per heavy atom. The quantitative estimate of drug-likeness (QED) is 0.580. The number of carbonyl (C=O) groups is 1. The van der Waals surface area contributed by atoms with Gasteiger partial charge in [0.25, 0.3) is 0 Å². The van der Waals surface area contributed by atoms with Gasteiger partial charge in [0.15, 0.2) is 17.3 Å². The number of ketones is 1. The summed E-state index contributed by atoms with van der Waals surface area (Å²) < 4.78 is 30.2. The van der Waals surface area contributed by atoms with Crippen LogP contribution in [-0.4, -0.2) is 40.8 Å². The van der Waals surface area contributed by atoms with Gasteiger partial charge in [-0.2, -0.15) is 11.8 Å². The molecule has 0 spiro atoms. The van der Waals surface area contributed by atoms with E-state index in [1.54, 1.807) is 16.2 Å². The van der Waals surface area contributed by atoms with Crippen molar-refractivity contribution < 1.29 is 13.2 Å². The van der Waals surface area contributed by atoms with E-state index in [2.05, 4.69) is 14.9 Å². The number of nitrogens with one attached hydrogen (secondary N) is 1. The lowest BCUT2D eigenvalue weighted by atomic mass is 10.2. The van der Waals surface area contributed by atoms with E-state index in [0.717, 1.165) is 5.75 Å². The summed E-state index contributed by atoms with van der Waals surface area (Å²) in [5.41, 5.74) is 1.13. The standard InChI is InChI=1S/C18H20N4O3S2/c1-13(23)14-6-8-15(9-7-14)27(24,25)21-16(10-12-26-2)18-20-19-17-5-3-4-11-22(17)18/h3-9,11,16,21H,10,12H2,1-2H3/t16-/m0/s1. The zero-order chi connectivity index (χ0) is 19.4. The van der Waals surface area contributed by atoms with Gasteiger partial charge in [0.1, 0.15) is 0 Å². The molecule has 27 heavy (non-hydrogen) atoms. The smallest absolute Gasteiger partial charge is 0.241 e. The molecule has 142 valence electrons.